The minimum atomic E-state index is -1.13. The molecular formula is C19H16ClNO6. The fourth-order valence-corrected chi connectivity index (χ4v) is 4.32. The van der Waals surface area contributed by atoms with Gasteiger partial charge in [-0.05, 0) is 43.7 Å². The number of hydrogen-bond donors (Lipinski definition) is 0. The van der Waals surface area contributed by atoms with Crippen LogP contribution in [-0.2, 0) is 28.7 Å². The first-order valence-corrected chi connectivity index (χ1v) is 8.96. The molecular weight excluding hydrogens is 374 g/mol. The van der Waals surface area contributed by atoms with E-state index >= 15 is 0 Å². The monoisotopic (exact) mass is 389 g/mol. The molecule has 4 atom stereocenters. The summed E-state index contributed by atoms with van der Waals surface area (Å²) in [4.78, 5) is 52.0. The van der Waals surface area contributed by atoms with E-state index in [4.69, 9.17) is 21.1 Å². The largest absolute Gasteiger partial charge is 0.463 e. The van der Waals surface area contributed by atoms with Crippen LogP contribution in [0.25, 0.3) is 0 Å². The van der Waals surface area contributed by atoms with Gasteiger partial charge in [-0.1, -0.05) is 11.6 Å². The summed E-state index contributed by atoms with van der Waals surface area (Å²) in [5.74, 6) is -5.23. The molecule has 3 aliphatic heterocycles. The first-order valence-electron chi connectivity index (χ1n) is 8.58. The maximum atomic E-state index is 13.1. The first kappa shape index (κ1) is 17.7. The quantitative estimate of drug-likeness (QED) is 0.579. The molecule has 1 aromatic carbocycles. The number of nitrogens with zero attached hydrogens (tertiary/aromatic N) is 1. The summed E-state index contributed by atoms with van der Waals surface area (Å²) in [5, 5.41) is 0.468. The molecule has 0 radical (unpaired) electrons. The summed E-state index contributed by atoms with van der Waals surface area (Å²) in [5.41, 5.74) is 0.975. The number of rotatable bonds is 3. The number of anilines is 1. The van der Waals surface area contributed by atoms with Gasteiger partial charge >= 0.3 is 11.9 Å². The van der Waals surface area contributed by atoms with Crippen LogP contribution >= 0.6 is 11.6 Å². The highest BCUT2D eigenvalue weighted by atomic mass is 35.5. The molecule has 7 nitrogen and oxygen atoms in total. The van der Waals surface area contributed by atoms with Gasteiger partial charge in [0.2, 0.25) is 11.8 Å². The molecule has 2 fully saturated rings. The molecule has 4 unspecified atom stereocenters. The second kappa shape index (κ2) is 6.20. The number of esters is 2. The van der Waals surface area contributed by atoms with E-state index in [0.29, 0.717) is 16.3 Å². The Balaban J connectivity index is 1.79. The topological polar surface area (TPSA) is 90.0 Å². The van der Waals surface area contributed by atoms with E-state index in [-0.39, 0.29) is 12.2 Å². The van der Waals surface area contributed by atoms with E-state index < -0.39 is 47.6 Å². The lowest BCUT2D eigenvalue weighted by atomic mass is 9.66. The number of ether oxygens (including phenoxy) is 2. The lowest BCUT2D eigenvalue weighted by molar-refractivity contribution is -0.173. The van der Waals surface area contributed by atoms with Crippen molar-refractivity contribution in [1.82, 2.24) is 0 Å². The van der Waals surface area contributed by atoms with Gasteiger partial charge in [0, 0.05) is 5.02 Å². The molecule has 2 amide bonds. The zero-order chi connectivity index (χ0) is 19.5. The predicted molar refractivity (Wildman–Crippen MR) is 93.6 cm³/mol. The second-order valence-corrected chi connectivity index (χ2v) is 7.13. The van der Waals surface area contributed by atoms with Gasteiger partial charge in [0.1, 0.15) is 12.0 Å². The predicted octanol–water partition coefficient (Wildman–Crippen LogP) is 1.88. The molecule has 0 N–H and O–H groups in total. The zero-order valence-corrected chi connectivity index (χ0v) is 15.4. The number of benzene rings is 1. The molecule has 3 heterocycles. The lowest BCUT2D eigenvalue weighted by Crippen LogP contribution is -2.54. The molecule has 1 aromatic rings. The zero-order valence-electron chi connectivity index (χ0n) is 14.6. The summed E-state index contributed by atoms with van der Waals surface area (Å²) in [6, 6.07) is 6.27. The van der Waals surface area contributed by atoms with E-state index in [0.717, 1.165) is 4.90 Å². The third-order valence-corrected chi connectivity index (χ3v) is 5.58. The Morgan fingerprint density at radius 3 is 2.41 bits per heavy atom. The van der Waals surface area contributed by atoms with Crippen LogP contribution in [0.3, 0.4) is 0 Å². The summed E-state index contributed by atoms with van der Waals surface area (Å²) in [6.45, 7) is 3.43. The third kappa shape index (κ3) is 2.41. The van der Waals surface area contributed by atoms with Crippen LogP contribution in [0.5, 0.6) is 0 Å². The molecule has 4 aliphatic rings. The Morgan fingerprint density at radius 2 is 1.78 bits per heavy atom. The number of carbonyl (C=O) groups is 4. The number of amides is 2. The summed E-state index contributed by atoms with van der Waals surface area (Å²) < 4.78 is 10.4. The minimum Gasteiger partial charge on any atom is -0.463 e. The van der Waals surface area contributed by atoms with Crippen LogP contribution in [0, 0.1) is 17.8 Å². The molecule has 2 bridgehead atoms. The molecule has 8 heteroatoms. The van der Waals surface area contributed by atoms with Crippen molar-refractivity contribution in [3.8, 4) is 0 Å². The SMILES string of the molecule is CCOC(=O)C1=C(C)C2OC(=O)C1C1C(=O)N(c3ccc(Cl)cc3)C(=O)C21. The van der Waals surface area contributed by atoms with E-state index in [1.807, 2.05) is 0 Å². The average molecular weight is 390 g/mol. The van der Waals surface area contributed by atoms with Crippen molar-refractivity contribution in [3.63, 3.8) is 0 Å². The van der Waals surface area contributed by atoms with Gasteiger partial charge in [0.15, 0.2) is 0 Å². The number of carbonyl (C=O) groups excluding carboxylic acids is 4. The van der Waals surface area contributed by atoms with Crippen molar-refractivity contribution in [1.29, 1.82) is 0 Å². The van der Waals surface area contributed by atoms with Crippen molar-refractivity contribution in [2.75, 3.05) is 11.5 Å². The van der Waals surface area contributed by atoms with Gasteiger partial charge in [-0.3, -0.25) is 14.4 Å². The standard InChI is InChI=1S/C19H16ClNO6/c1-3-26-18(24)11-8(2)15-14-12(13(11)19(25)27-15)16(22)21(17(14)23)10-6-4-9(20)5-7-10/h4-7,12-15H,3H2,1-2H3. The van der Waals surface area contributed by atoms with Gasteiger partial charge in [-0.25, -0.2) is 9.69 Å². The first-order chi connectivity index (χ1) is 12.9. The van der Waals surface area contributed by atoms with Gasteiger partial charge in [0.05, 0.1) is 29.7 Å². The van der Waals surface area contributed by atoms with Crippen molar-refractivity contribution in [2.24, 2.45) is 17.8 Å². The Bertz CT molecular complexity index is 905. The molecule has 5 rings (SSSR count). The van der Waals surface area contributed by atoms with Crippen molar-refractivity contribution < 1.29 is 28.7 Å². The van der Waals surface area contributed by atoms with Crippen LogP contribution in [0.4, 0.5) is 5.69 Å². The molecule has 0 spiro atoms. The van der Waals surface area contributed by atoms with E-state index in [1.54, 1.807) is 38.1 Å². The molecule has 27 heavy (non-hydrogen) atoms. The highest BCUT2D eigenvalue weighted by Crippen LogP contribution is 2.51. The van der Waals surface area contributed by atoms with Gasteiger partial charge in [-0.2, -0.15) is 0 Å². The fraction of sp³-hybridized carbons (Fsp3) is 0.368. The van der Waals surface area contributed by atoms with Crippen molar-refractivity contribution >= 4 is 41.0 Å². The van der Waals surface area contributed by atoms with Gasteiger partial charge < -0.3 is 9.47 Å². The van der Waals surface area contributed by atoms with E-state index in [9.17, 15) is 19.2 Å². The number of hydrogen-bond acceptors (Lipinski definition) is 6. The summed E-state index contributed by atoms with van der Waals surface area (Å²) >= 11 is 5.88. The molecule has 2 saturated heterocycles. The number of imide groups is 1. The van der Waals surface area contributed by atoms with Crippen LogP contribution < -0.4 is 4.90 Å². The van der Waals surface area contributed by atoms with Gasteiger partial charge in [-0.15, -0.1) is 0 Å². The fourth-order valence-electron chi connectivity index (χ4n) is 4.20. The highest BCUT2D eigenvalue weighted by Gasteiger charge is 2.65. The van der Waals surface area contributed by atoms with Crippen molar-refractivity contribution in [3.05, 3.63) is 40.4 Å². The maximum Gasteiger partial charge on any atom is 0.334 e. The van der Waals surface area contributed by atoms with Crippen LogP contribution in [0.15, 0.2) is 35.4 Å². The second-order valence-electron chi connectivity index (χ2n) is 6.69. The van der Waals surface area contributed by atoms with Crippen molar-refractivity contribution in [2.45, 2.75) is 20.0 Å². The molecule has 1 aliphatic carbocycles. The van der Waals surface area contributed by atoms with Crippen LogP contribution in [0.2, 0.25) is 5.02 Å². The van der Waals surface area contributed by atoms with E-state index in [2.05, 4.69) is 0 Å². The van der Waals surface area contributed by atoms with Gasteiger partial charge in [0.25, 0.3) is 0 Å². The van der Waals surface area contributed by atoms with E-state index in [1.165, 1.54) is 0 Å². The van der Waals surface area contributed by atoms with Crippen LogP contribution in [0.1, 0.15) is 13.8 Å². The summed E-state index contributed by atoms with van der Waals surface area (Å²) in [7, 11) is 0. The highest BCUT2D eigenvalue weighted by molar-refractivity contribution is 6.31. The minimum absolute atomic E-state index is 0.137. The molecule has 140 valence electrons. The number of fused-ring (bicyclic) bond motifs is 1. The average Bonchev–Trinajstić information content (AvgIpc) is 2.89. The lowest BCUT2D eigenvalue weighted by Gasteiger charge is -2.42. The smallest absolute Gasteiger partial charge is 0.334 e. The normalized spacial score (nSPS) is 29.1. The number of halogens is 1. The third-order valence-electron chi connectivity index (χ3n) is 5.32. The maximum absolute atomic E-state index is 13.1. The Labute approximate surface area is 159 Å². The molecule has 0 aromatic heterocycles. The Morgan fingerprint density at radius 1 is 1.15 bits per heavy atom. The van der Waals surface area contributed by atoms with Crippen LogP contribution in [-0.4, -0.2) is 36.5 Å². The molecule has 0 saturated carbocycles. The Kier molecular flexibility index (Phi) is 4.07. The Hall–Kier alpha value is -2.67. The summed E-state index contributed by atoms with van der Waals surface area (Å²) in [6.07, 6.45) is -0.944.